The zero-order chi connectivity index (χ0) is 5.86. The van der Waals surface area contributed by atoms with Crippen LogP contribution in [0.15, 0.2) is 11.6 Å². The Balaban J connectivity index is 3.32. The van der Waals surface area contributed by atoms with E-state index in [0.717, 1.165) is 0 Å². The van der Waals surface area contributed by atoms with Crippen LogP contribution in [0.1, 0.15) is 0 Å². The van der Waals surface area contributed by atoms with Gasteiger partial charge in [-0.25, -0.2) is 4.21 Å². The summed E-state index contributed by atoms with van der Waals surface area (Å²) in [6, 6.07) is 0. The summed E-state index contributed by atoms with van der Waals surface area (Å²) in [5.41, 5.74) is 0. The Labute approximate surface area is 49.5 Å². The first kappa shape index (κ1) is 7.14. The molecule has 4 heteroatoms. The molecule has 1 N–H and O–H groups in total. The van der Waals surface area contributed by atoms with E-state index < -0.39 is 11.1 Å². The quantitative estimate of drug-likeness (QED) is 0.581. The number of halogens is 1. The van der Waals surface area contributed by atoms with Gasteiger partial charge >= 0.3 is 0 Å². The van der Waals surface area contributed by atoms with Crippen molar-refractivity contribution in [3.8, 4) is 0 Å². The second kappa shape index (κ2) is 3.18. The summed E-state index contributed by atoms with van der Waals surface area (Å²) in [7, 11) is 0. The second-order valence-electron chi connectivity index (χ2n) is 0.983. The Kier molecular flexibility index (Phi) is 3.25. The third-order valence-electron chi connectivity index (χ3n) is 0.280. The Hall–Kier alpha value is 0.140. The highest BCUT2D eigenvalue weighted by Gasteiger charge is 1.91. The van der Waals surface area contributed by atoms with Crippen LogP contribution in [-0.4, -0.2) is 14.5 Å². The van der Waals surface area contributed by atoms with E-state index in [4.69, 9.17) is 16.2 Å². The highest BCUT2D eigenvalue weighted by molar-refractivity contribution is 7.79. The smallest absolute Gasteiger partial charge is 0.158 e. The first-order valence-electron chi connectivity index (χ1n) is 1.53. The summed E-state index contributed by atoms with van der Waals surface area (Å²) in [4.78, 5) is 0. The van der Waals surface area contributed by atoms with Crippen LogP contribution in [-0.2, 0) is 11.1 Å². The van der Waals surface area contributed by atoms with Crippen molar-refractivity contribution in [2.45, 2.75) is 0 Å². The van der Waals surface area contributed by atoms with Gasteiger partial charge in [0.2, 0.25) is 0 Å². The van der Waals surface area contributed by atoms with Crippen LogP contribution in [0.25, 0.3) is 0 Å². The van der Waals surface area contributed by atoms with Crippen LogP contribution >= 0.6 is 11.6 Å². The average Bonchev–Trinajstić information content (AvgIpc) is 1.27. The van der Waals surface area contributed by atoms with Crippen molar-refractivity contribution < 1.29 is 8.76 Å². The van der Waals surface area contributed by atoms with Crippen molar-refractivity contribution in [2.24, 2.45) is 0 Å². The Bertz CT molecular complexity index is 89.1. The minimum atomic E-state index is -1.83. The van der Waals surface area contributed by atoms with Crippen molar-refractivity contribution in [2.75, 3.05) is 5.75 Å². The van der Waals surface area contributed by atoms with Gasteiger partial charge in [0.25, 0.3) is 0 Å². The average molecular weight is 141 g/mol. The zero-order valence-electron chi connectivity index (χ0n) is 3.56. The van der Waals surface area contributed by atoms with E-state index in [1.165, 1.54) is 0 Å². The first-order chi connectivity index (χ1) is 3.13. The molecular weight excluding hydrogens is 136 g/mol. The molecular formula is C3H5ClO2S. The third kappa shape index (κ3) is 6.14. The molecule has 0 aromatic rings. The maximum atomic E-state index is 9.78. The van der Waals surface area contributed by atoms with E-state index in [1.807, 2.05) is 0 Å². The van der Waals surface area contributed by atoms with Gasteiger partial charge in [-0.1, -0.05) is 18.2 Å². The highest BCUT2D eigenvalue weighted by atomic mass is 35.5. The Morgan fingerprint density at radius 1 is 2.00 bits per heavy atom. The molecule has 0 saturated carbocycles. The highest BCUT2D eigenvalue weighted by Crippen LogP contribution is 1.95. The summed E-state index contributed by atoms with van der Waals surface area (Å²) in [6.07, 6.45) is 0. The number of rotatable bonds is 2. The van der Waals surface area contributed by atoms with Crippen molar-refractivity contribution in [3.05, 3.63) is 11.6 Å². The number of hydrogen-bond donors (Lipinski definition) is 1. The van der Waals surface area contributed by atoms with Crippen LogP contribution in [0.4, 0.5) is 0 Å². The summed E-state index contributed by atoms with van der Waals surface area (Å²) in [6.45, 7) is 3.21. The van der Waals surface area contributed by atoms with Gasteiger partial charge in [-0.2, -0.15) is 0 Å². The van der Waals surface area contributed by atoms with Gasteiger partial charge in [0, 0.05) is 5.03 Å². The molecule has 0 spiro atoms. The SMILES string of the molecule is C=C(Cl)CS(=O)O. The molecule has 7 heavy (non-hydrogen) atoms. The maximum absolute atomic E-state index is 9.78. The molecule has 0 aromatic carbocycles. The lowest BCUT2D eigenvalue weighted by atomic mass is 10.8. The standard InChI is InChI=1S/C3H5ClO2S/c1-3(4)2-7(5)6/h1-2H2,(H,5,6). The topological polar surface area (TPSA) is 37.3 Å². The van der Waals surface area contributed by atoms with E-state index >= 15 is 0 Å². The minimum Gasteiger partial charge on any atom is -0.306 e. The lowest BCUT2D eigenvalue weighted by Gasteiger charge is -1.85. The lowest BCUT2D eigenvalue weighted by molar-refractivity contribution is 0.567. The van der Waals surface area contributed by atoms with E-state index in [-0.39, 0.29) is 10.8 Å². The van der Waals surface area contributed by atoms with Crippen LogP contribution < -0.4 is 0 Å². The molecule has 0 saturated heterocycles. The Morgan fingerprint density at radius 2 is 2.43 bits per heavy atom. The largest absolute Gasteiger partial charge is 0.306 e. The van der Waals surface area contributed by atoms with E-state index in [1.54, 1.807) is 0 Å². The minimum absolute atomic E-state index is 0.0401. The Morgan fingerprint density at radius 3 is 2.43 bits per heavy atom. The molecule has 0 aliphatic rings. The molecule has 42 valence electrons. The molecule has 0 aliphatic heterocycles. The predicted octanol–water partition coefficient (Wildman–Crippen LogP) is 0.961. The van der Waals surface area contributed by atoms with Gasteiger partial charge in [0.05, 0.1) is 5.75 Å². The molecule has 2 nitrogen and oxygen atoms in total. The zero-order valence-corrected chi connectivity index (χ0v) is 5.13. The molecule has 1 unspecified atom stereocenters. The van der Waals surface area contributed by atoms with Gasteiger partial charge < -0.3 is 4.55 Å². The molecule has 0 fully saturated rings. The lowest BCUT2D eigenvalue weighted by Crippen LogP contribution is -1.91. The van der Waals surface area contributed by atoms with Crippen LogP contribution in [0.2, 0.25) is 0 Å². The molecule has 0 heterocycles. The normalized spacial score (nSPS) is 13.4. The molecule has 0 bridgehead atoms. The van der Waals surface area contributed by atoms with E-state index in [2.05, 4.69) is 6.58 Å². The molecule has 1 atom stereocenters. The fourth-order valence-corrected chi connectivity index (χ4v) is 0.682. The predicted molar refractivity (Wildman–Crippen MR) is 30.6 cm³/mol. The van der Waals surface area contributed by atoms with E-state index in [0.29, 0.717) is 0 Å². The molecule has 0 aromatic heterocycles. The number of hydrogen-bond acceptors (Lipinski definition) is 1. The molecule has 0 radical (unpaired) electrons. The molecule has 0 amide bonds. The van der Waals surface area contributed by atoms with Crippen LogP contribution in [0, 0.1) is 0 Å². The first-order valence-corrected chi connectivity index (χ1v) is 3.19. The van der Waals surface area contributed by atoms with Gasteiger partial charge in [0.15, 0.2) is 11.1 Å². The van der Waals surface area contributed by atoms with Gasteiger partial charge in [-0.05, 0) is 0 Å². The fraction of sp³-hybridized carbons (Fsp3) is 0.333. The summed E-state index contributed by atoms with van der Waals surface area (Å²) >= 11 is 3.30. The molecule has 0 rings (SSSR count). The third-order valence-corrected chi connectivity index (χ3v) is 1.17. The maximum Gasteiger partial charge on any atom is 0.158 e. The van der Waals surface area contributed by atoms with Crippen LogP contribution in [0.3, 0.4) is 0 Å². The summed E-state index contributed by atoms with van der Waals surface area (Å²) in [5, 5.41) is 0.209. The van der Waals surface area contributed by atoms with Gasteiger partial charge in [0.1, 0.15) is 0 Å². The van der Waals surface area contributed by atoms with Crippen molar-refractivity contribution in [3.63, 3.8) is 0 Å². The van der Waals surface area contributed by atoms with Gasteiger partial charge in [-0.15, -0.1) is 0 Å². The van der Waals surface area contributed by atoms with Gasteiger partial charge in [-0.3, -0.25) is 0 Å². The molecule has 0 aliphatic carbocycles. The monoisotopic (exact) mass is 140 g/mol. The van der Waals surface area contributed by atoms with Crippen LogP contribution in [0.5, 0.6) is 0 Å². The second-order valence-corrected chi connectivity index (χ2v) is 2.45. The van der Waals surface area contributed by atoms with Crippen molar-refractivity contribution in [1.82, 2.24) is 0 Å². The summed E-state index contributed by atoms with van der Waals surface area (Å²) in [5.74, 6) is -0.0401. The fourth-order valence-electron chi connectivity index (χ4n) is 0.134. The summed E-state index contributed by atoms with van der Waals surface area (Å²) < 4.78 is 17.8. The van der Waals surface area contributed by atoms with E-state index in [9.17, 15) is 4.21 Å². The van der Waals surface area contributed by atoms with Crippen molar-refractivity contribution >= 4 is 22.7 Å². The van der Waals surface area contributed by atoms with Crippen molar-refractivity contribution in [1.29, 1.82) is 0 Å².